The standard InChI is InChI=1S/C15H22N2O3/c1-4-6-11-16(12(3)5-2)15(18)13-9-7-8-10-14(13)17(19)20/h7-10,12H,4-6,11H2,1-3H3. The Labute approximate surface area is 119 Å². The van der Waals surface area contributed by atoms with Gasteiger partial charge in [-0.2, -0.15) is 0 Å². The van der Waals surface area contributed by atoms with Gasteiger partial charge in [0.1, 0.15) is 5.56 Å². The molecule has 1 rings (SSSR count). The van der Waals surface area contributed by atoms with Gasteiger partial charge in [-0.25, -0.2) is 0 Å². The highest BCUT2D eigenvalue weighted by Crippen LogP contribution is 2.21. The Kier molecular flexibility index (Phi) is 6.15. The molecular weight excluding hydrogens is 256 g/mol. The van der Waals surface area contributed by atoms with Gasteiger partial charge < -0.3 is 4.90 Å². The molecule has 0 fully saturated rings. The van der Waals surface area contributed by atoms with Gasteiger partial charge in [0, 0.05) is 18.7 Å². The van der Waals surface area contributed by atoms with Crippen molar-refractivity contribution in [3.05, 3.63) is 39.9 Å². The minimum Gasteiger partial charge on any atom is -0.336 e. The molecule has 1 aromatic rings. The Balaban J connectivity index is 3.08. The van der Waals surface area contributed by atoms with Crippen molar-refractivity contribution in [1.82, 2.24) is 4.90 Å². The van der Waals surface area contributed by atoms with Crippen LogP contribution in [0.3, 0.4) is 0 Å². The van der Waals surface area contributed by atoms with E-state index in [9.17, 15) is 14.9 Å². The number of hydrogen-bond donors (Lipinski definition) is 0. The maximum atomic E-state index is 12.6. The van der Waals surface area contributed by atoms with E-state index in [1.807, 2.05) is 13.8 Å². The average molecular weight is 278 g/mol. The van der Waals surface area contributed by atoms with Crippen LogP contribution in [0.15, 0.2) is 24.3 Å². The van der Waals surface area contributed by atoms with E-state index in [4.69, 9.17) is 0 Å². The molecule has 0 aromatic heterocycles. The number of benzene rings is 1. The van der Waals surface area contributed by atoms with Crippen LogP contribution >= 0.6 is 0 Å². The average Bonchev–Trinajstić information content (AvgIpc) is 2.46. The van der Waals surface area contributed by atoms with Gasteiger partial charge in [-0.15, -0.1) is 0 Å². The van der Waals surface area contributed by atoms with Crippen molar-refractivity contribution in [2.75, 3.05) is 6.54 Å². The Bertz CT molecular complexity index is 474. The molecule has 0 N–H and O–H groups in total. The van der Waals surface area contributed by atoms with Crippen LogP contribution in [-0.2, 0) is 0 Å². The molecule has 5 nitrogen and oxygen atoms in total. The number of unbranched alkanes of at least 4 members (excludes halogenated alkanes) is 1. The van der Waals surface area contributed by atoms with Crippen LogP contribution < -0.4 is 0 Å². The summed E-state index contributed by atoms with van der Waals surface area (Å²) in [5.41, 5.74) is 0.0520. The van der Waals surface area contributed by atoms with E-state index in [1.54, 1.807) is 17.0 Å². The van der Waals surface area contributed by atoms with Crippen molar-refractivity contribution in [3.63, 3.8) is 0 Å². The van der Waals surface area contributed by atoms with Crippen LogP contribution in [0.25, 0.3) is 0 Å². The van der Waals surface area contributed by atoms with E-state index in [2.05, 4.69) is 6.92 Å². The second kappa shape index (κ2) is 7.62. The van der Waals surface area contributed by atoms with E-state index in [-0.39, 0.29) is 23.2 Å². The SMILES string of the molecule is CCCCN(C(=O)c1ccccc1[N+](=O)[O-])C(C)CC. The van der Waals surface area contributed by atoms with Crippen LogP contribution in [0.1, 0.15) is 50.4 Å². The molecule has 0 bridgehead atoms. The molecule has 0 aliphatic rings. The summed E-state index contributed by atoms with van der Waals surface area (Å²) in [5.74, 6) is -0.250. The Morgan fingerprint density at radius 2 is 2.00 bits per heavy atom. The van der Waals surface area contributed by atoms with Gasteiger partial charge in [0.15, 0.2) is 0 Å². The van der Waals surface area contributed by atoms with E-state index in [1.165, 1.54) is 12.1 Å². The molecule has 1 aromatic carbocycles. The zero-order valence-electron chi connectivity index (χ0n) is 12.3. The molecule has 20 heavy (non-hydrogen) atoms. The summed E-state index contributed by atoms with van der Waals surface area (Å²) < 4.78 is 0. The van der Waals surface area contributed by atoms with Gasteiger partial charge in [-0.3, -0.25) is 14.9 Å². The van der Waals surface area contributed by atoms with Crippen LogP contribution in [0, 0.1) is 10.1 Å². The minimum absolute atomic E-state index is 0.0776. The lowest BCUT2D eigenvalue weighted by atomic mass is 10.1. The molecule has 1 unspecified atom stereocenters. The fourth-order valence-corrected chi connectivity index (χ4v) is 2.04. The molecular formula is C15H22N2O3. The molecule has 1 atom stereocenters. The molecule has 1 amide bonds. The minimum atomic E-state index is -0.498. The van der Waals surface area contributed by atoms with Gasteiger partial charge in [-0.1, -0.05) is 32.4 Å². The van der Waals surface area contributed by atoms with E-state index < -0.39 is 4.92 Å². The zero-order valence-corrected chi connectivity index (χ0v) is 12.3. The van der Waals surface area contributed by atoms with E-state index in [0.717, 1.165) is 19.3 Å². The van der Waals surface area contributed by atoms with Crippen LogP contribution in [0.2, 0.25) is 0 Å². The lowest BCUT2D eigenvalue weighted by Gasteiger charge is -2.28. The molecule has 0 heterocycles. The lowest BCUT2D eigenvalue weighted by molar-refractivity contribution is -0.385. The third-order valence-electron chi connectivity index (χ3n) is 3.47. The second-order valence-corrected chi connectivity index (χ2v) is 4.88. The third kappa shape index (κ3) is 3.79. The third-order valence-corrected chi connectivity index (χ3v) is 3.47. The highest BCUT2D eigenvalue weighted by atomic mass is 16.6. The number of nitro groups is 1. The normalized spacial score (nSPS) is 11.9. The summed E-state index contributed by atoms with van der Waals surface area (Å²) >= 11 is 0. The number of nitro benzene ring substituents is 1. The monoisotopic (exact) mass is 278 g/mol. The molecule has 0 saturated heterocycles. The molecule has 0 aliphatic heterocycles. The first kappa shape index (κ1) is 16.1. The van der Waals surface area contributed by atoms with Gasteiger partial charge in [0.25, 0.3) is 11.6 Å². The summed E-state index contributed by atoms with van der Waals surface area (Å²) in [5, 5.41) is 11.0. The summed E-state index contributed by atoms with van der Waals surface area (Å²) in [6.07, 6.45) is 2.71. The summed E-state index contributed by atoms with van der Waals surface area (Å²) in [7, 11) is 0. The first-order valence-electron chi connectivity index (χ1n) is 7.07. The maximum Gasteiger partial charge on any atom is 0.282 e. The fourth-order valence-electron chi connectivity index (χ4n) is 2.04. The van der Waals surface area contributed by atoms with Gasteiger partial charge in [0.05, 0.1) is 4.92 Å². The number of amides is 1. The van der Waals surface area contributed by atoms with Crippen molar-refractivity contribution in [1.29, 1.82) is 0 Å². The van der Waals surface area contributed by atoms with Crippen molar-refractivity contribution in [2.45, 2.75) is 46.1 Å². The van der Waals surface area contributed by atoms with Crippen LogP contribution in [0.5, 0.6) is 0 Å². The largest absolute Gasteiger partial charge is 0.336 e. The number of para-hydroxylation sites is 1. The maximum absolute atomic E-state index is 12.6. The number of carbonyl (C=O) groups excluding carboxylic acids is 1. The van der Waals surface area contributed by atoms with E-state index in [0.29, 0.717) is 6.54 Å². The fraction of sp³-hybridized carbons (Fsp3) is 0.533. The Hall–Kier alpha value is -1.91. The number of carbonyl (C=O) groups is 1. The van der Waals surface area contributed by atoms with Crippen molar-refractivity contribution >= 4 is 11.6 Å². The number of rotatable bonds is 7. The summed E-state index contributed by atoms with van der Waals surface area (Å²) in [6, 6.07) is 6.22. The number of nitrogens with zero attached hydrogens (tertiary/aromatic N) is 2. The molecule has 0 radical (unpaired) electrons. The highest BCUT2D eigenvalue weighted by molar-refractivity contribution is 5.98. The Morgan fingerprint density at radius 3 is 2.55 bits per heavy atom. The molecule has 5 heteroatoms. The van der Waals surface area contributed by atoms with Gasteiger partial charge >= 0.3 is 0 Å². The zero-order chi connectivity index (χ0) is 15.1. The van der Waals surface area contributed by atoms with Crippen LogP contribution in [-0.4, -0.2) is 28.3 Å². The topological polar surface area (TPSA) is 63.5 Å². The predicted molar refractivity (Wildman–Crippen MR) is 78.8 cm³/mol. The van der Waals surface area contributed by atoms with E-state index >= 15 is 0 Å². The van der Waals surface area contributed by atoms with Gasteiger partial charge in [0.2, 0.25) is 0 Å². The molecule has 0 saturated carbocycles. The first-order chi connectivity index (χ1) is 9.52. The van der Waals surface area contributed by atoms with Crippen molar-refractivity contribution < 1.29 is 9.72 Å². The predicted octanol–water partition coefficient (Wildman–Crippen LogP) is 3.64. The highest BCUT2D eigenvalue weighted by Gasteiger charge is 2.26. The lowest BCUT2D eigenvalue weighted by Crippen LogP contribution is -2.39. The summed E-state index contributed by atoms with van der Waals surface area (Å²) in [4.78, 5) is 24.9. The van der Waals surface area contributed by atoms with Crippen LogP contribution in [0.4, 0.5) is 5.69 Å². The van der Waals surface area contributed by atoms with Gasteiger partial charge in [-0.05, 0) is 25.8 Å². The smallest absolute Gasteiger partial charge is 0.282 e. The first-order valence-corrected chi connectivity index (χ1v) is 7.07. The second-order valence-electron chi connectivity index (χ2n) is 4.88. The Morgan fingerprint density at radius 1 is 1.35 bits per heavy atom. The van der Waals surface area contributed by atoms with Crippen molar-refractivity contribution in [2.24, 2.45) is 0 Å². The van der Waals surface area contributed by atoms with Crippen molar-refractivity contribution in [3.8, 4) is 0 Å². The molecule has 0 aliphatic carbocycles. The summed E-state index contributed by atoms with van der Waals surface area (Å²) in [6.45, 7) is 6.68. The quantitative estimate of drug-likeness (QED) is 0.565. The number of hydrogen-bond acceptors (Lipinski definition) is 3. The molecule has 110 valence electrons. The molecule has 0 spiro atoms.